The molecule has 0 aliphatic heterocycles. The van der Waals surface area contributed by atoms with E-state index in [4.69, 9.17) is 0 Å². The van der Waals surface area contributed by atoms with Gasteiger partial charge in [-0.1, -0.05) is 47.7 Å². The molecule has 1 fully saturated rings. The lowest BCUT2D eigenvalue weighted by atomic mass is 10.00. The van der Waals surface area contributed by atoms with E-state index in [1.165, 1.54) is 30.5 Å². The van der Waals surface area contributed by atoms with Gasteiger partial charge in [0.05, 0.1) is 60.5 Å². The summed E-state index contributed by atoms with van der Waals surface area (Å²) in [6.07, 6.45) is 5.19. The molecule has 42 heavy (non-hydrogen) atoms. The van der Waals surface area contributed by atoms with Crippen LogP contribution in [0, 0.1) is 39.8 Å². The van der Waals surface area contributed by atoms with E-state index in [0.29, 0.717) is 33.5 Å². The molecule has 1 aliphatic carbocycles. The van der Waals surface area contributed by atoms with Crippen molar-refractivity contribution in [3.8, 4) is 18.2 Å². The summed E-state index contributed by atoms with van der Waals surface area (Å²) >= 11 is 0. The maximum atomic E-state index is 13.9. The highest BCUT2D eigenvalue weighted by Crippen LogP contribution is 2.37. The zero-order valence-corrected chi connectivity index (χ0v) is 22.3. The molecule has 0 saturated heterocycles. The SMILES string of the molecule is [2H][C@](Nc1cc(C#N)c2ncc(C#N)c(N[C@H](CC#N)c3ccccc3)c2c1)(c1ccc(F)cc1)c1cn(C2CC2)nn1. The normalized spacial score (nSPS) is 15.0. The monoisotopic (exact) mass is 554 g/mol. The molecule has 5 aromatic rings. The lowest BCUT2D eigenvalue weighted by molar-refractivity contribution is 0.610. The summed E-state index contributed by atoms with van der Waals surface area (Å²) < 4.78 is 25.2. The molecule has 0 unspecified atom stereocenters. The Kier molecular flexibility index (Phi) is 6.82. The summed E-state index contributed by atoms with van der Waals surface area (Å²) in [6, 6.07) is 22.9. The van der Waals surface area contributed by atoms with E-state index in [1.807, 2.05) is 30.3 Å². The number of hydrogen-bond donors (Lipinski definition) is 2. The van der Waals surface area contributed by atoms with Crippen LogP contribution in [0.1, 0.15) is 66.7 Å². The third kappa shape index (κ3) is 5.32. The van der Waals surface area contributed by atoms with Crippen LogP contribution in [0.3, 0.4) is 0 Å². The Morgan fingerprint density at radius 3 is 2.43 bits per heavy atom. The average molecular weight is 555 g/mol. The van der Waals surface area contributed by atoms with Crippen LogP contribution in [-0.4, -0.2) is 20.0 Å². The van der Waals surface area contributed by atoms with Gasteiger partial charge in [0.25, 0.3) is 0 Å². The van der Waals surface area contributed by atoms with Gasteiger partial charge in [0, 0.05) is 17.3 Å². The van der Waals surface area contributed by atoms with Gasteiger partial charge < -0.3 is 10.6 Å². The second-order valence-electron chi connectivity index (χ2n) is 9.98. The number of hydrogen-bond acceptors (Lipinski definition) is 8. The lowest BCUT2D eigenvalue weighted by Crippen LogP contribution is -2.14. The Hall–Kier alpha value is -5.79. The van der Waals surface area contributed by atoms with E-state index in [9.17, 15) is 21.5 Å². The summed E-state index contributed by atoms with van der Waals surface area (Å²) in [7, 11) is 0. The van der Waals surface area contributed by atoms with E-state index in [1.54, 1.807) is 23.0 Å². The first-order valence-electron chi connectivity index (χ1n) is 13.9. The average Bonchev–Trinajstić information content (AvgIpc) is 3.76. The Morgan fingerprint density at radius 1 is 0.976 bits per heavy atom. The largest absolute Gasteiger partial charge is 0.376 e. The first-order valence-corrected chi connectivity index (χ1v) is 13.4. The van der Waals surface area contributed by atoms with Crippen LogP contribution in [0.15, 0.2) is 79.1 Å². The molecule has 0 bridgehead atoms. The Morgan fingerprint density at radius 2 is 1.74 bits per heavy atom. The number of benzene rings is 3. The van der Waals surface area contributed by atoms with Crippen molar-refractivity contribution in [1.29, 1.82) is 15.8 Å². The van der Waals surface area contributed by atoms with Crippen molar-refractivity contribution in [2.45, 2.75) is 37.4 Å². The van der Waals surface area contributed by atoms with Crippen molar-refractivity contribution < 1.29 is 5.76 Å². The number of fused-ring (bicyclic) bond motifs is 1. The zero-order valence-electron chi connectivity index (χ0n) is 23.3. The fourth-order valence-corrected chi connectivity index (χ4v) is 4.86. The zero-order chi connectivity index (χ0) is 30.0. The van der Waals surface area contributed by atoms with Crippen molar-refractivity contribution >= 4 is 22.3 Å². The summed E-state index contributed by atoms with van der Waals surface area (Å²) in [6.45, 7) is 0. The van der Waals surface area contributed by atoms with E-state index < -0.39 is 17.9 Å². The van der Waals surface area contributed by atoms with Gasteiger partial charge in [-0.3, -0.25) is 4.98 Å². The molecule has 2 heterocycles. The van der Waals surface area contributed by atoms with Crippen LogP contribution >= 0.6 is 0 Å². The number of anilines is 2. The molecule has 1 aliphatic rings. The predicted octanol–water partition coefficient (Wildman–Crippen LogP) is 6.31. The fourth-order valence-electron chi connectivity index (χ4n) is 4.86. The van der Waals surface area contributed by atoms with Gasteiger partial charge in [0.15, 0.2) is 0 Å². The van der Waals surface area contributed by atoms with Crippen LogP contribution in [0.4, 0.5) is 15.8 Å². The molecule has 10 heteroatoms. The predicted molar refractivity (Wildman–Crippen MR) is 154 cm³/mol. The van der Waals surface area contributed by atoms with Crippen LogP contribution < -0.4 is 10.6 Å². The number of nitrogens with zero attached hydrogens (tertiary/aromatic N) is 7. The van der Waals surface area contributed by atoms with Crippen molar-refractivity contribution in [1.82, 2.24) is 20.0 Å². The molecule has 204 valence electrons. The minimum absolute atomic E-state index is 0.124. The van der Waals surface area contributed by atoms with E-state index in [0.717, 1.165) is 18.4 Å². The molecule has 3 aromatic carbocycles. The van der Waals surface area contributed by atoms with Crippen LogP contribution in [-0.2, 0) is 0 Å². The molecule has 2 N–H and O–H groups in total. The van der Waals surface area contributed by atoms with Crippen molar-refractivity contribution in [3.05, 3.63) is 113 Å². The molecular formula is C32H24FN9. The number of nitrogens with one attached hydrogen (secondary N) is 2. The number of rotatable bonds is 9. The van der Waals surface area contributed by atoms with Crippen LogP contribution in [0.25, 0.3) is 10.9 Å². The highest BCUT2D eigenvalue weighted by Gasteiger charge is 2.27. The van der Waals surface area contributed by atoms with Gasteiger partial charge in [0.2, 0.25) is 0 Å². The third-order valence-corrected chi connectivity index (χ3v) is 7.12. The summed E-state index contributed by atoms with van der Waals surface area (Å²) in [5, 5.41) is 45.2. The second-order valence-corrected chi connectivity index (χ2v) is 9.98. The van der Waals surface area contributed by atoms with Crippen molar-refractivity contribution in [3.63, 3.8) is 0 Å². The molecule has 1 saturated carbocycles. The van der Waals surface area contributed by atoms with Gasteiger partial charge >= 0.3 is 0 Å². The molecule has 6 rings (SSSR count). The number of halogens is 1. The maximum absolute atomic E-state index is 13.9. The summed E-state index contributed by atoms with van der Waals surface area (Å²) in [4.78, 5) is 4.41. The van der Waals surface area contributed by atoms with Gasteiger partial charge in [-0.25, -0.2) is 9.07 Å². The van der Waals surface area contributed by atoms with Gasteiger partial charge in [0.1, 0.15) is 23.6 Å². The standard InChI is InChI=1S/C32H24FN9/c33-24-8-6-21(7-9-24)32(29-19-42(41-40-29)26-10-11-26)38-25-14-22(16-35)30-27(15-25)31(23(17-36)18-37-30)39-28(12-13-34)20-4-2-1-3-5-20/h1-9,14-15,18-19,26,28,32,38H,10-12H2,(H,37,39)/t28-,32+/m1/s1/i32D. The number of pyridine rings is 1. The maximum Gasteiger partial charge on any atom is 0.123 e. The van der Waals surface area contributed by atoms with Crippen LogP contribution in [0.2, 0.25) is 0 Å². The molecule has 0 radical (unpaired) electrons. The quantitative estimate of drug-likeness (QED) is 0.216. The topological polar surface area (TPSA) is 139 Å². The molecule has 9 nitrogen and oxygen atoms in total. The van der Waals surface area contributed by atoms with Gasteiger partial charge in [-0.05, 0) is 48.2 Å². The van der Waals surface area contributed by atoms with E-state index in [2.05, 4.69) is 44.1 Å². The van der Waals surface area contributed by atoms with Gasteiger partial charge in [-0.2, -0.15) is 15.8 Å². The minimum Gasteiger partial charge on any atom is -0.376 e. The molecule has 2 atom stereocenters. The van der Waals surface area contributed by atoms with Crippen molar-refractivity contribution in [2.75, 3.05) is 10.6 Å². The summed E-state index contributed by atoms with van der Waals surface area (Å²) in [5.41, 5.74) is 3.15. The Bertz CT molecular complexity index is 1930. The second kappa shape index (κ2) is 11.4. The van der Waals surface area contributed by atoms with E-state index >= 15 is 0 Å². The Balaban J connectivity index is 1.49. The Labute approximate surface area is 242 Å². The lowest BCUT2D eigenvalue weighted by Gasteiger charge is -2.22. The molecular weight excluding hydrogens is 529 g/mol. The molecule has 0 spiro atoms. The summed E-state index contributed by atoms with van der Waals surface area (Å²) in [5.74, 6) is -0.443. The first-order chi connectivity index (χ1) is 20.9. The van der Waals surface area contributed by atoms with Gasteiger partial charge in [-0.15, -0.1) is 5.10 Å². The highest BCUT2D eigenvalue weighted by molar-refractivity contribution is 5.99. The van der Waals surface area contributed by atoms with E-state index in [-0.39, 0.29) is 23.6 Å². The molecule has 2 aromatic heterocycles. The third-order valence-electron chi connectivity index (χ3n) is 7.12. The number of aromatic nitrogens is 4. The fraction of sp³-hybridized carbons (Fsp3) is 0.188. The van der Waals surface area contributed by atoms with Crippen LogP contribution in [0.5, 0.6) is 0 Å². The van der Waals surface area contributed by atoms with Crippen molar-refractivity contribution in [2.24, 2.45) is 0 Å². The minimum atomic E-state index is -1.71. The molecule has 0 amide bonds. The highest BCUT2D eigenvalue weighted by atomic mass is 19.1. The number of nitriles is 3. The smallest absolute Gasteiger partial charge is 0.123 e. The first kappa shape index (κ1) is 25.2.